The van der Waals surface area contributed by atoms with E-state index in [1.54, 1.807) is 13.0 Å². The fraction of sp³-hybridized carbons (Fsp3) is 0.222. The summed E-state index contributed by atoms with van der Waals surface area (Å²) < 4.78 is 5.35. The Kier molecular flexibility index (Phi) is 7.89. The van der Waals surface area contributed by atoms with E-state index in [9.17, 15) is 9.90 Å². The molecule has 3 atom stereocenters. The number of carbonyl (C=O) groups is 1. The highest BCUT2D eigenvalue weighted by molar-refractivity contribution is 8.00. The van der Waals surface area contributed by atoms with E-state index in [2.05, 4.69) is 5.32 Å². The number of nitrogens with one attached hydrogen (secondary N) is 1. The van der Waals surface area contributed by atoms with E-state index in [-0.39, 0.29) is 17.9 Å². The molecular formula is C27H25Cl2NO3S. The second-order valence-corrected chi connectivity index (χ2v) is 10.0. The molecule has 34 heavy (non-hydrogen) atoms. The molecule has 2 N–H and O–H groups in total. The fourth-order valence-electron chi connectivity index (χ4n) is 4.06. The molecule has 4 nitrogen and oxygen atoms in total. The van der Waals surface area contributed by atoms with Gasteiger partial charge < -0.3 is 9.84 Å². The molecule has 0 unspecified atom stereocenters. The molecule has 3 aromatic rings. The van der Waals surface area contributed by atoms with E-state index in [0.717, 1.165) is 16.0 Å². The minimum absolute atomic E-state index is 0.0439. The van der Waals surface area contributed by atoms with Crippen LogP contribution in [0, 0.1) is 6.92 Å². The van der Waals surface area contributed by atoms with Crippen LogP contribution in [0.1, 0.15) is 35.7 Å². The van der Waals surface area contributed by atoms with Crippen LogP contribution in [0.4, 0.5) is 0 Å². The Morgan fingerprint density at radius 2 is 1.56 bits per heavy atom. The van der Waals surface area contributed by atoms with Crippen molar-refractivity contribution in [2.45, 2.75) is 36.1 Å². The van der Waals surface area contributed by atoms with E-state index in [1.807, 2.05) is 73.7 Å². The molecule has 0 aliphatic carbocycles. The lowest BCUT2D eigenvalue weighted by atomic mass is 9.87. The molecule has 1 heterocycles. The minimum Gasteiger partial charge on any atom is -0.510 e. The number of ether oxygens (including phenoxy) is 1. The van der Waals surface area contributed by atoms with Crippen LogP contribution in [-0.2, 0) is 9.53 Å². The Bertz CT molecular complexity index is 1210. The molecule has 0 amide bonds. The summed E-state index contributed by atoms with van der Waals surface area (Å²) in [6.07, 6.45) is 0. The number of aryl methyl sites for hydroxylation is 1. The molecule has 1 aliphatic rings. The van der Waals surface area contributed by atoms with Gasteiger partial charge in [0.2, 0.25) is 0 Å². The van der Waals surface area contributed by atoms with Gasteiger partial charge in [-0.3, -0.25) is 5.32 Å². The normalized spacial score (nSPS) is 20.3. The quantitative estimate of drug-likeness (QED) is 0.340. The van der Waals surface area contributed by atoms with E-state index >= 15 is 0 Å². The first kappa shape index (κ1) is 24.7. The first-order valence-electron chi connectivity index (χ1n) is 11.0. The summed E-state index contributed by atoms with van der Waals surface area (Å²) in [5.41, 5.74) is 2.79. The molecule has 0 spiro atoms. The second-order valence-electron chi connectivity index (χ2n) is 7.99. The summed E-state index contributed by atoms with van der Waals surface area (Å²) >= 11 is 14.6. The summed E-state index contributed by atoms with van der Waals surface area (Å²) in [6, 6.07) is 21.7. The molecule has 1 aliphatic heterocycles. The van der Waals surface area contributed by atoms with Crippen molar-refractivity contribution < 1.29 is 14.6 Å². The third-order valence-corrected chi connectivity index (χ3v) is 7.70. The van der Waals surface area contributed by atoms with E-state index in [0.29, 0.717) is 15.6 Å². The number of rotatable bonds is 6. The zero-order chi connectivity index (χ0) is 24.2. The maximum Gasteiger partial charge on any atom is 0.339 e. The van der Waals surface area contributed by atoms with Gasteiger partial charge in [0.25, 0.3) is 0 Å². The lowest BCUT2D eigenvalue weighted by Crippen LogP contribution is -2.43. The first-order valence-corrected chi connectivity index (χ1v) is 12.6. The summed E-state index contributed by atoms with van der Waals surface area (Å²) in [6.45, 7) is 3.95. The largest absolute Gasteiger partial charge is 0.510 e. The smallest absolute Gasteiger partial charge is 0.339 e. The average Bonchev–Trinajstić information content (AvgIpc) is 2.82. The van der Waals surface area contributed by atoms with Crippen LogP contribution >= 0.6 is 35.0 Å². The van der Waals surface area contributed by atoms with Gasteiger partial charge in [-0.25, -0.2) is 4.79 Å². The van der Waals surface area contributed by atoms with Crippen LogP contribution in [0.15, 0.2) is 89.0 Å². The number of halogens is 2. The van der Waals surface area contributed by atoms with Gasteiger partial charge in [0.15, 0.2) is 0 Å². The van der Waals surface area contributed by atoms with Crippen LogP contribution in [-0.4, -0.2) is 22.9 Å². The van der Waals surface area contributed by atoms with Crippen LogP contribution < -0.4 is 5.32 Å². The molecular weight excluding hydrogens is 489 g/mol. The zero-order valence-electron chi connectivity index (χ0n) is 18.8. The Balaban J connectivity index is 1.89. The number of aliphatic hydroxyl groups is 1. The lowest BCUT2D eigenvalue weighted by Gasteiger charge is -2.38. The number of aliphatic hydroxyl groups excluding tert-OH is 1. The van der Waals surface area contributed by atoms with Gasteiger partial charge in [-0.15, -0.1) is 11.8 Å². The van der Waals surface area contributed by atoms with Gasteiger partial charge in [-0.05, 0) is 49.2 Å². The van der Waals surface area contributed by atoms with Crippen molar-refractivity contribution in [3.05, 3.63) is 111 Å². The maximum atomic E-state index is 13.1. The Labute approximate surface area is 213 Å². The predicted octanol–water partition coefficient (Wildman–Crippen LogP) is 7.22. The van der Waals surface area contributed by atoms with Crippen LogP contribution in [0.2, 0.25) is 10.0 Å². The second kappa shape index (κ2) is 10.9. The highest BCUT2D eigenvalue weighted by Crippen LogP contribution is 2.46. The Morgan fingerprint density at radius 3 is 2.15 bits per heavy atom. The Morgan fingerprint density at radius 1 is 0.971 bits per heavy atom. The molecule has 7 heteroatoms. The van der Waals surface area contributed by atoms with Gasteiger partial charge in [-0.2, -0.15) is 0 Å². The molecule has 4 rings (SSSR count). The fourth-order valence-corrected chi connectivity index (χ4v) is 5.75. The van der Waals surface area contributed by atoms with Gasteiger partial charge in [0, 0.05) is 14.9 Å². The van der Waals surface area contributed by atoms with Crippen molar-refractivity contribution in [1.82, 2.24) is 5.32 Å². The summed E-state index contributed by atoms with van der Waals surface area (Å²) in [7, 11) is 0. The standard InChI is InChI=1S/C27H25Cl2NO3S/c1-3-33-27(32)22-23(18-8-4-6-10-20(18)28)30-24(19-9-5-7-11-21(19)29)26(25(22)31)34-17-14-12-16(2)13-15-17/h4-15,23-24,26,30-31H,3H2,1-2H3/t23-,24+,26-/m1/s1. The molecule has 176 valence electrons. The van der Waals surface area contributed by atoms with Crippen molar-refractivity contribution in [2.24, 2.45) is 0 Å². The number of hydrogen-bond donors (Lipinski definition) is 2. The highest BCUT2D eigenvalue weighted by Gasteiger charge is 2.43. The third kappa shape index (κ3) is 5.13. The zero-order valence-corrected chi connectivity index (χ0v) is 21.1. The van der Waals surface area contributed by atoms with Crippen LogP contribution in [0.3, 0.4) is 0 Å². The lowest BCUT2D eigenvalue weighted by molar-refractivity contribution is -0.139. The van der Waals surface area contributed by atoms with Gasteiger partial charge >= 0.3 is 5.97 Å². The highest BCUT2D eigenvalue weighted by atomic mass is 35.5. The van der Waals surface area contributed by atoms with E-state index in [4.69, 9.17) is 27.9 Å². The number of benzene rings is 3. The summed E-state index contributed by atoms with van der Waals surface area (Å²) in [5.74, 6) is -0.623. The summed E-state index contributed by atoms with van der Waals surface area (Å²) in [4.78, 5) is 14.1. The molecule has 0 radical (unpaired) electrons. The molecule has 0 aromatic heterocycles. The van der Waals surface area contributed by atoms with Crippen molar-refractivity contribution in [2.75, 3.05) is 6.61 Å². The Hall–Kier alpha value is -2.44. The average molecular weight is 514 g/mol. The van der Waals surface area contributed by atoms with Gasteiger partial charge in [-0.1, -0.05) is 77.3 Å². The van der Waals surface area contributed by atoms with E-state index in [1.165, 1.54) is 11.8 Å². The number of esters is 1. The molecule has 0 fully saturated rings. The van der Waals surface area contributed by atoms with Crippen LogP contribution in [0.5, 0.6) is 0 Å². The van der Waals surface area contributed by atoms with Gasteiger partial charge in [0.05, 0.1) is 29.5 Å². The molecule has 0 bridgehead atoms. The first-order chi connectivity index (χ1) is 16.4. The van der Waals surface area contributed by atoms with Crippen molar-refractivity contribution in [3.63, 3.8) is 0 Å². The number of carbonyl (C=O) groups excluding carboxylic acids is 1. The van der Waals surface area contributed by atoms with Crippen molar-refractivity contribution in [1.29, 1.82) is 0 Å². The minimum atomic E-state index is -0.677. The summed E-state index contributed by atoms with van der Waals surface area (Å²) in [5, 5.41) is 15.7. The predicted molar refractivity (Wildman–Crippen MR) is 139 cm³/mol. The third-order valence-electron chi connectivity index (χ3n) is 5.72. The molecule has 0 saturated carbocycles. The van der Waals surface area contributed by atoms with Crippen molar-refractivity contribution >= 4 is 40.9 Å². The van der Waals surface area contributed by atoms with Gasteiger partial charge in [0.1, 0.15) is 5.76 Å². The van der Waals surface area contributed by atoms with Crippen molar-refractivity contribution in [3.8, 4) is 0 Å². The molecule has 0 saturated heterocycles. The monoisotopic (exact) mass is 513 g/mol. The molecule has 3 aromatic carbocycles. The maximum absolute atomic E-state index is 13.1. The number of thioether (sulfide) groups is 1. The topological polar surface area (TPSA) is 58.6 Å². The number of hydrogen-bond acceptors (Lipinski definition) is 5. The van der Waals surface area contributed by atoms with Crippen LogP contribution in [0.25, 0.3) is 0 Å². The SMILES string of the molecule is CCOC(=O)C1=C(O)[C@H](Sc2ccc(C)cc2)[C@H](c2ccccc2Cl)N[C@@H]1c1ccccc1Cl. The van der Waals surface area contributed by atoms with E-state index < -0.39 is 23.3 Å².